The van der Waals surface area contributed by atoms with Gasteiger partial charge in [-0.2, -0.15) is 8.78 Å². The molecule has 1 aromatic rings. The van der Waals surface area contributed by atoms with Gasteiger partial charge in [-0.3, -0.25) is 0 Å². The van der Waals surface area contributed by atoms with Crippen LogP contribution in [-0.2, 0) is 0 Å². The Morgan fingerprint density at radius 1 is 1.67 bits per heavy atom. The summed E-state index contributed by atoms with van der Waals surface area (Å²) in [5.74, 6) is -3.73. The molecule has 0 aliphatic rings. The Morgan fingerprint density at radius 3 is 2.83 bits per heavy atom. The van der Waals surface area contributed by atoms with E-state index in [0.29, 0.717) is 0 Å². The van der Waals surface area contributed by atoms with Crippen LogP contribution in [0.5, 0.6) is 0 Å². The molecule has 1 rings (SSSR count). The molecule has 0 fully saturated rings. The highest BCUT2D eigenvalue weighted by molar-refractivity contribution is 7.99. The summed E-state index contributed by atoms with van der Waals surface area (Å²) in [4.78, 5) is 10.5. The average molecular weight is 210 g/mol. The van der Waals surface area contributed by atoms with E-state index in [4.69, 9.17) is 5.11 Å². The van der Waals surface area contributed by atoms with Crippen LogP contribution in [0.4, 0.5) is 8.78 Å². The summed E-state index contributed by atoms with van der Waals surface area (Å²) in [5, 5.41) is 10.00. The Morgan fingerprint density at radius 2 is 2.33 bits per heavy atom. The standard InChI is InChI=1S/C6H4F2O2S2/c7-6(8)12-3-1-2-11-4(3)5(9)10/h1-2,6H,(H,9,10). The van der Waals surface area contributed by atoms with Crippen molar-refractivity contribution in [3.63, 3.8) is 0 Å². The Hall–Kier alpha value is -0.620. The van der Waals surface area contributed by atoms with E-state index < -0.39 is 11.7 Å². The molecule has 1 aromatic heterocycles. The first-order valence-corrected chi connectivity index (χ1v) is 4.63. The number of aromatic carboxylic acids is 1. The molecule has 0 radical (unpaired) electrons. The van der Waals surface area contributed by atoms with Crippen molar-refractivity contribution in [2.45, 2.75) is 10.7 Å². The molecule has 0 bridgehead atoms. The van der Waals surface area contributed by atoms with Gasteiger partial charge in [-0.1, -0.05) is 11.8 Å². The topological polar surface area (TPSA) is 37.3 Å². The van der Waals surface area contributed by atoms with E-state index in [-0.39, 0.29) is 21.5 Å². The molecule has 6 heteroatoms. The van der Waals surface area contributed by atoms with Crippen LogP contribution >= 0.6 is 23.1 Å². The predicted molar refractivity (Wildman–Crippen MR) is 43.1 cm³/mol. The molecular formula is C6H4F2O2S2. The average Bonchev–Trinajstić information content (AvgIpc) is 2.33. The Kier molecular flexibility index (Phi) is 3.05. The molecule has 0 unspecified atom stereocenters. The first-order valence-electron chi connectivity index (χ1n) is 2.87. The van der Waals surface area contributed by atoms with Crippen molar-refractivity contribution in [3.8, 4) is 0 Å². The van der Waals surface area contributed by atoms with Crippen LogP contribution in [0.1, 0.15) is 9.67 Å². The second-order valence-electron chi connectivity index (χ2n) is 1.80. The summed E-state index contributed by atoms with van der Waals surface area (Å²) in [7, 11) is 0. The molecule has 0 saturated heterocycles. The van der Waals surface area contributed by atoms with Gasteiger partial charge in [0.1, 0.15) is 4.88 Å². The molecule has 0 spiro atoms. The SMILES string of the molecule is O=C(O)c1sccc1SC(F)F. The number of alkyl halides is 2. The van der Waals surface area contributed by atoms with Gasteiger partial charge in [0.25, 0.3) is 5.76 Å². The van der Waals surface area contributed by atoms with Gasteiger partial charge in [-0.05, 0) is 11.4 Å². The van der Waals surface area contributed by atoms with Crippen molar-refractivity contribution in [1.82, 2.24) is 0 Å². The maximum absolute atomic E-state index is 11.8. The highest BCUT2D eigenvalue weighted by atomic mass is 32.2. The van der Waals surface area contributed by atoms with Crippen molar-refractivity contribution in [2.24, 2.45) is 0 Å². The van der Waals surface area contributed by atoms with E-state index >= 15 is 0 Å². The van der Waals surface area contributed by atoms with E-state index in [1.807, 2.05) is 0 Å². The molecule has 66 valence electrons. The summed E-state index contributed by atoms with van der Waals surface area (Å²) in [6, 6.07) is 1.38. The number of halogens is 2. The minimum Gasteiger partial charge on any atom is -0.477 e. The number of carboxylic acid groups (broad SMARTS) is 1. The molecular weight excluding hydrogens is 206 g/mol. The molecule has 0 atom stereocenters. The fourth-order valence-corrected chi connectivity index (χ4v) is 2.18. The zero-order valence-corrected chi connectivity index (χ0v) is 7.29. The van der Waals surface area contributed by atoms with Crippen LogP contribution in [0.2, 0.25) is 0 Å². The van der Waals surface area contributed by atoms with Crippen LogP contribution in [0, 0.1) is 0 Å². The zero-order valence-electron chi connectivity index (χ0n) is 5.66. The highest BCUT2D eigenvalue weighted by Crippen LogP contribution is 2.31. The van der Waals surface area contributed by atoms with Crippen molar-refractivity contribution >= 4 is 29.1 Å². The van der Waals surface area contributed by atoms with E-state index in [2.05, 4.69) is 0 Å². The van der Waals surface area contributed by atoms with Crippen LogP contribution in [0.3, 0.4) is 0 Å². The number of hydrogen-bond acceptors (Lipinski definition) is 3. The van der Waals surface area contributed by atoms with Crippen molar-refractivity contribution in [2.75, 3.05) is 0 Å². The zero-order chi connectivity index (χ0) is 9.14. The highest BCUT2D eigenvalue weighted by Gasteiger charge is 2.15. The lowest BCUT2D eigenvalue weighted by atomic mass is 10.5. The van der Waals surface area contributed by atoms with Gasteiger partial charge in [0.2, 0.25) is 0 Å². The molecule has 1 N–H and O–H groups in total. The lowest BCUT2D eigenvalue weighted by Gasteiger charge is -1.96. The molecule has 0 saturated carbocycles. The summed E-state index contributed by atoms with van der Waals surface area (Å²) >= 11 is 1.20. The van der Waals surface area contributed by atoms with E-state index in [1.54, 1.807) is 0 Å². The monoisotopic (exact) mass is 210 g/mol. The van der Waals surface area contributed by atoms with Crippen molar-refractivity contribution < 1.29 is 18.7 Å². The van der Waals surface area contributed by atoms with Gasteiger partial charge in [0.05, 0.1) is 0 Å². The first-order chi connectivity index (χ1) is 5.61. The Balaban J connectivity index is 2.84. The van der Waals surface area contributed by atoms with Gasteiger partial charge in [-0.25, -0.2) is 4.79 Å². The number of hydrogen-bond donors (Lipinski definition) is 1. The molecule has 0 aliphatic heterocycles. The smallest absolute Gasteiger partial charge is 0.347 e. The molecule has 1 heterocycles. The minimum atomic E-state index is -2.57. The molecule has 0 aliphatic carbocycles. The summed E-state index contributed by atoms with van der Waals surface area (Å²) in [6.45, 7) is 0. The Bertz CT molecular complexity index is 285. The van der Waals surface area contributed by atoms with Crippen molar-refractivity contribution in [3.05, 3.63) is 16.3 Å². The largest absolute Gasteiger partial charge is 0.477 e. The second kappa shape index (κ2) is 3.86. The summed E-state index contributed by atoms with van der Waals surface area (Å²) in [5.41, 5.74) is 0. The first kappa shape index (κ1) is 9.47. The van der Waals surface area contributed by atoms with E-state index in [0.717, 1.165) is 11.3 Å². The van der Waals surface area contributed by atoms with Gasteiger partial charge in [0, 0.05) is 4.90 Å². The number of rotatable bonds is 3. The fraction of sp³-hybridized carbons (Fsp3) is 0.167. The molecule has 0 amide bonds. The number of carbonyl (C=O) groups is 1. The van der Waals surface area contributed by atoms with E-state index in [9.17, 15) is 13.6 Å². The number of thioether (sulfide) groups is 1. The normalized spacial score (nSPS) is 10.6. The predicted octanol–water partition coefficient (Wildman–Crippen LogP) is 2.76. The van der Waals surface area contributed by atoms with Crippen LogP contribution < -0.4 is 0 Å². The lowest BCUT2D eigenvalue weighted by molar-refractivity contribution is 0.0699. The van der Waals surface area contributed by atoms with E-state index in [1.165, 1.54) is 11.4 Å². The molecule has 0 aromatic carbocycles. The Labute approximate surface area is 75.2 Å². The summed E-state index contributed by atoms with van der Waals surface area (Å²) < 4.78 is 23.6. The second-order valence-corrected chi connectivity index (χ2v) is 3.75. The van der Waals surface area contributed by atoms with Crippen LogP contribution in [-0.4, -0.2) is 16.8 Å². The quantitative estimate of drug-likeness (QED) is 0.779. The van der Waals surface area contributed by atoms with Crippen LogP contribution in [0.15, 0.2) is 16.3 Å². The van der Waals surface area contributed by atoms with Crippen molar-refractivity contribution in [1.29, 1.82) is 0 Å². The van der Waals surface area contributed by atoms with Gasteiger partial charge >= 0.3 is 5.97 Å². The summed E-state index contributed by atoms with van der Waals surface area (Å²) in [6.07, 6.45) is 0. The third kappa shape index (κ3) is 2.18. The van der Waals surface area contributed by atoms with Gasteiger partial charge in [-0.15, -0.1) is 11.3 Å². The van der Waals surface area contributed by atoms with Gasteiger partial charge < -0.3 is 5.11 Å². The third-order valence-electron chi connectivity index (χ3n) is 1.04. The molecule has 2 nitrogen and oxygen atoms in total. The lowest BCUT2D eigenvalue weighted by Crippen LogP contribution is -1.94. The fourth-order valence-electron chi connectivity index (χ4n) is 0.642. The third-order valence-corrected chi connectivity index (χ3v) is 2.84. The van der Waals surface area contributed by atoms with Crippen LogP contribution in [0.25, 0.3) is 0 Å². The maximum Gasteiger partial charge on any atom is 0.347 e. The maximum atomic E-state index is 11.8. The minimum absolute atomic E-state index is 0.0275. The van der Waals surface area contributed by atoms with Gasteiger partial charge in [0.15, 0.2) is 0 Å². The molecule has 12 heavy (non-hydrogen) atoms. The number of thiophene rings is 1. The number of carboxylic acids is 1.